The number of carbonyl (C=O) groups is 3. The molecule has 0 radical (unpaired) electrons. The lowest BCUT2D eigenvalue weighted by Crippen LogP contribution is -2.30. The molecule has 6 heteroatoms. The lowest BCUT2D eigenvalue weighted by molar-refractivity contribution is -0.166. The van der Waals surface area contributed by atoms with Gasteiger partial charge in [0.25, 0.3) is 0 Å². The van der Waals surface area contributed by atoms with Crippen molar-refractivity contribution in [1.29, 1.82) is 0 Å². The van der Waals surface area contributed by atoms with Gasteiger partial charge in [-0.3, -0.25) is 14.4 Å². The van der Waals surface area contributed by atoms with Gasteiger partial charge in [-0.2, -0.15) is 0 Å². The molecule has 0 aliphatic carbocycles. The van der Waals surface area contributed by atoms with Crippen molar-refractivity contribution in [2.24, 2.45) is 0 Å². The lowest BCUT2D eigenvalue weighted by atomic mass is 10.0. The van der Waals surface area contributed by atoms with Crippen LogP contribution in [0.1, 0.15) is 303 Å². The molecule has 71 heavy (non-hydrogen) atoms. The molecule has 0 aliphatic rings. The molecule has 0 rings (SSSR count). The summed E-state index contributed by atoms with van der Waals surface area (Å²) >= 11 is 0. The molecule has 6 nitrogen and oxygen atoms in total. The van der Waals surface area contributed by atoms with Crippen LogP contribution in [0.3, 0.4) is 0 Å². The van der Waals surface area contributed by atoms with Crippen molar-refractivity contribution < 1.29 is 28.6 Å². The van der Waals surface area contributed by atoms with Gasteiger partial charge in [-0.05, 0) is 89.9 Å². The summed E-state index contributed by atoms with van der Waals surface area (Å²) in [4.78, 5) is 38.0. The Labute approximate surface area is 440 Å². The first-order chi connectivity index (χ1) is 35.0. The fraction of sp³-hybridized carbons (Fsp3) is 0.769. The topological polar surface area (TPSA) is 78.9 Å². The van der Waals surface area contributed by atoms with Gasteiger partial charge in [0.2, 0.25) is 0 Å². The van der Waals surface area contributed by atoms with E-state index in [0.717, 1.165) is 77.0 Å². The fourth-order valence-electron chi connectivity index (χ4n) is 8.61. The molecular formula is C65H114O6. The Balaban J connectivity index is 4.16. The summed E-state index contributed by atoms with van der Waals surface area (Å²) < 4.78 is 16.8. The Morgan fingerprint density at radius 2 is 0.592 bits per heavy atom. The minimum absolute atomic E-state index is 0.105. The Morgan fingerprint density at radius 1 is 0.296 bits per heavy atom. The van der Waals surface area contributed by atoms with E-state index in [1.54, 1.807) is 0 Å². The molecule has 1 unspecified atom stereocenters. The zero-order valence-corrected chi connectivity index (χ0v) is 47.0. The number of hydrogen-bond donors (Lipinski definition) is 0. The molecule has 0 saturated carbocycles. The minimum atomic E-state index is -0.815. The molecule has 0 bridgehead atoms. The molecule has 0 aromatic heterocycles. The van der Waals surface area contributed by atoms with Gasteiger partial charge < -0.3 is 14.2 Å². The highest BCUT2D eigenvalue weighted by atomic mass is 16.6. The smallest absolute Gasteiger partial charge is 0.306 e. The fourth-order valence-corrected chi connectivity index (χ4v) is 8.61. The maximum atomic E-state index is 12.8. The highest BCUT2D eigenvalue weighted by molar-refractivity contribution is 5.71. The zero-order valence-electron chi connectivity index (χ0n) is 47.0. The van der Waals surface area contributed by atoms with Crippen molar-refractivity contribution in [1.82, 2.24) is 0 Å². The van der Waals surface area contributed by atoms with E-state index in [1.807, 2.05) is 12.2 Å². The molecule has 0 amide bonds. The summed E-state index contributed by atoms with van der Waals surface area (Å²) in [7, 11) is 0. The van der Waals surface area contributed by atoms with Crippen molar-refractivity contribution >= 4 is 17.9 Å². The van der Waals surface area contributed by atoms with Gasteiger partial charge in [-0.25, -0.2) is 0 Å². The second-order valence-electron chi connectivity index (χ2n) is 20.2. The lowest BCUT2D eigenvalue weighted by Gasteiger charge is -2.18. The SMILES string of the molecule is CC/C=C\C/C=C\C/C=C\C/C=C\CCC(=O)OC(COC(=O)CCCCCCC/C=C\CCCC)COC(=O)CCCCCCCCCCCCCCCCCCC/C=C\CCCCCCCCCC. The van der Waals surface area contributed by atoms with E-state index in [9.17, 15) is 14.4 Å². The third-order valence-electron chi connectivity index (χ3n) is 13.2. The number of ether oxygens (including phenoxy) is 3. The normalized spacial score (nSPS) is 12.5. The van der Waals surface area contributed by atoms with E-state index in [4.69, 9.17) is 14.2 Å². The summed E-state index contributed by atoms with van der Waals surface area (Å²) in [5.41, 5.74) is 0. The molecule has 0 fully saturated rings. The largest absolute Gasteiger partial charge is 0.462 e. The summed E-state index contributed by atoms with van der Waals surface area (Å²) in [6.45, 7) is 6.44. The van der Waals surface area contributed by atoms with Crippen LogP contribution in [-0.4, -0.2) is 37.2 Å². The van der Waals surface area contributed by atoms with Gasteiger partial charge in [0, 0.05) is 19.3 Å². The van der Waals surface area contributed by atoms with Gasteiger partial charge >= 0.3 is 17.9 Å². The van der Waals surface area contributed by atoms with Crippen LogP contribution in [0.5, 0.6) is 0 Å². The summed E-state index contributed by atoms with van der Waals surface area (Å²) in [5, 5.41) is 0. The average molecular weight is 992 g/mol. The Hall–Kier alpha value is -3.15. The maximum Gasteiger partial charge on any atom is 0.306 e. The predicted molar refractivity (Wildman–Crippen MR) is 307 cm³/mol. The van der Waals surface area contributed by atoms with Gasteiger partial charge in [0.05, 0.1) is 0 Å². The molecule has 0 saturated heterocycles. The number of unbranched alkanes of at least 4 members (excludes halogenated alkanes) is 32. The van der Waals surface area contributed by atoms with E-state index in [-0.39, 0.29) is 37.5 Å². The molecular weight excluding hydrogens is 877 g/mol. The van der Waals surface area contributed by atoms with Crippen molar-refractivity contribution in [3.8, 4) is 0 Å². The van der Waals surface area contributed by atoms with Crippen molar-refractivity contribution in [3.63, 3.8) is 0 Å². The Kier molecular flexibility index (Phi) is 56.8. The molecule has 0 heterocycles. The number of carbonyl (C=O) groups excluding carboxylic acids is 3. The van der Waals surface area contributed by atoms with Gasteiger partial charge in [0.15, 0.2) is 6.10 Å². The number of hydrogen-bond acceptors (Lipinski definition) is 6. The summed E-state index contributed by atoms with van der Waals surface area (Å²) in [6.07, 6.45) is 76.6. The standard InChI is InChI=1S/C65H114O6/c1-4-7-10-13-16-19-22-24-25-26-27-28-29-30-31-32-33-34-35-36-37-38-39-41-43-46-49-52-55-58-64(67)70-61-62(60-69-63(66)57-54-51-48-45-42-21-18-15-12-9-6-3)71-65(68)59-56-53-50-47-44-40-23-20-17-14-11-8-5-2/h8,11,15,17-18,20,26-27,40,44,50,53,62H,4-7,9-10,12-14,16,19,21-25,28-39,41-43,45-49,51-52,54-61H2,1-3H3/b11-8-,18-15-,20-17-,27-26-,44-40-,53-50-. The molecule has 1 atom stereocenters. The van der Waals surface area contributed by atoms with Crippen LogP contribution < -0.4 is 0 Å². The quantitative estimate of drug-likeness (QED) is 0.0261. The Bertz CT molecular complexity index is 1320. The van der Waals surface area contributed by atoms with Crippen molar-refractivity contribution in [3.05, 3.63) is 72.9 Å². The van der Waals surface area contributed by atoms with Crippen LogP contribution in [0.2, 0.25) is 0 Å². The van der Waals surface area contributed by atoms with Crippen LogP contribution in [0.4, 0.5) is 0 Å². The maximum absolute atomic E-state index is 12.8. The number of rotatable bonds is 55. The monoisotopic (exact) mass is 991 g/mol. The third-order valence-corrected chi connectivity index (χ3v) is 13.2. The van der Waals surface area contributed by atoms with E-state index < -0.39 is 6.10 Å². The van der Waals surface area contributed by atoms with Gasteiger partial charge in [-0.1, -0.05) is 267 Å². The molecule has 0 aliphatic heterocycles. The summed E-state index contributed by atoms with van der Waals surface area (Å²) in [6, 6.07) is 0. The first-order valence-electron chi connectivity index (χ1n) is 30.4. The van der Waals surface area contributed by atoms with E-state index in [2.05, 4.69) is 81.5 Å². The number of esters is 3. The molecule has 0 aromatic carbocycles. The van der Waals surface area contributed by atoms with Crippen molar-refractivity contribution in [2.45, 2.75) is 309 Å². The third kappa shape index (κ3) is 57.6. The van der Waals surface area contributed by atoms with Crippen LogP contribution in [0.15, 0.2) is 72.9 Å². The molecule has 410 valence electrons. The van der Waals surface area contributed by atoms with Crippen LogP contribution >= 0.6 is 0 Å². The molecule has 0 spiro atoms. The van der Waals surface area contributed by atoms with E-state index >= 15 is 0 Å². The van der Waals surface area contributed by atoms with Crippen LogP contribution in [0, 0.1) is 0 Å². The second kappa shape index (κ2) is 59.4. The highest BCUT2D eigenvalue weighted by Crippen LogP contribution is 2.16. The van der Waals surface area contributed by atoms with E-state index in [0.29, 0.717) is 19.3 Å². The average Bonchev–Trinajstić information content (AvgIpc) is 3.37. The summed E-state index contributed by atoms with van der Waals surface area (Å²) in [5.74, 6) is -0.990. The Morgan fingerprint density at radius 3 is 0.958 bits per heavy atom. The van der Waals surface area contributed by atoms with Crippen LogP contribution in [-0.2, 0) is 28.6 Å². The van der Waals surface area contributed by atoms with Crippen molar-refractivity contribution in [2.75, 3.05) is 13.2 Å². The first-order valence-corrected chi connectivity index (χ1v) is 30.4. The van der Waals surface area contributed by atoms with E-state index in [1.165, 1.54) is 180 Å². The van der Waals surface area contributed by atoms with Gasteiger partial charge in [-0.15, -0.1) is 0 Å². The highest BCUT2D eigenvalue weighted by Gasteiger charge is 2.19. The second-order valence-corrected chi connectivity index (χ2v) is 20.2. The molecule has 0 aromatic rings. The van der Waals surface area contributed by atoms with Crippen LogP contribution in [0.25, 0.3) is 0 Å². The minimum Gasteiger partial charge on any atom is -0.462 e. The first kappa shape index (κ1) is 67.8. The van der Waals surface area contributed by atoms with Gasteiger partial charge in [0.1, 0.15) is 13.2 Å². The zero-order chi connectivity index (χ0) is 51.4. The predicted octanol–water partition coefficient (Wildman–Crippen LogP) is 20.5. The molecule has 0 N–H and O–H groups in total. The number of allylic oxidation sites excluding steroid dienone is 12.